The summed E-state index contributed by atoms with van der Waals surface area (Å²) < 4.78 is 19.0. The Balaban J connectivity index is 2.31. The van der Waals surface area contributed by atoms with Gasteiger partial charge in [0.25, 0.3) is 0 Å². The molecule has 0 atom stereocenters. The third-order valence-corrected chi connectivity index (χ3v) is 3.25. The fourth-order valence-corrected chi connectivity index (χ4v) is 2.29. The van der Waals surface area contributed by atoms with Gasteiger partial charge >= 0.3 is 0 Å². The van der Waals surface area contributed by atoms with Crippen LogP contribution in [0.2, 0.25) is 0 Å². The van der Waals surface area contributed by atoms with Gasteiger partial charge in [0.15, 0.2) is 0 Å². The number of ether oxygens (including phenoxy) is 1. The number of allylic oxidation sites excluding steroid dienone is 2. The maximum absolute atomic E-state index is 13.8. The summed E-state index contributed by atoms with van der Waals surface area (Å²) in [6.45, 7) is 6.16. The molecule has 0 spiro atoms. The predicted octanol–water partition coefficient (Wildman–Crippen LogP) is 4.79. The van der Waals surface area contributed by atoms with Crippen molar-refractivity contribution in [3.8, 4) is 0 Å². The number of hydrogen-bond acceptors (Lipinski definition) is 1. The second-order valence-corrected chi connectivity index (χ2v) is 4.53. The van der Waals surface area contributed by atoms with E-state index in [1.54, 1.807) is 0 Å². The van der Waals surface area contributed by atoms with E-state index in [9.17, 15) is 4.39 Å². The molecule has 0 aromatic heterocycles. The molecule has 0 N–H and O–H groups in total. The highest BCUT2D eigenvalue weighted by atomic mass is 19.1. The van der Waals surface area contributed by atoms with E-state index >= 15 is 0 Å². The summed E-state index contributed by atoms with van der Waals surface area (Å²) in [6, 6.07) is 5.20. The fraction of sp³-hybridized carbons (Fsp3) is 0.375. The Morgan fingerprint density at radius 1 is 1.39 bits per heavy atom. The SMILES string of the molecule is C=C(OCC)c1cc(C2=CCCCC2)ccc1F. The average molecular weight is 246 g/mol. The lowest BCUT2D eigenvalue weighted by molar-refractivity contribution is 0.297. The van der Waals surface area contributed by atoms with Crippen molar-refractivity contribution in [3.63, 3.8) is 0 Å². The first-order valence-corrected chi connectivity index (χ1v) is 6.53. The molecule has 1 aromatic carbocycles. The number of halogens is 1. The molecule has 1 nitrogen and oxygen atoms in total. The number of rotatable bonds is 4. The molecular weight excluding hydrogens is 227 g/mol. The Labute approximate surface area is 108 Å². The standard InChI is InChI=1S/C16H19FO/c1-3-18-12(2)15-11-14(9-10-16(15)17)13-7-5-4-6-8-13/h7,9-11H,2-6,8H2,1H3. The van der Waals surface area contributed by atoms with Crippen LogP contribution in [0.25, 0.3) is 11.3 Å². The van der Waals surface area contributed by atoms with Gasteiger partial charge in [0.05, 0.1) is 12.2 Å². The second kappa shape index (κ2) is 5.85. The van der Waals surface area contributed by atoms with Crippen molar-refractivity contribution in [1.82, 2.24) is 0 Å². The molecule has 0 saturated carbocycles. The fourth-order valence-electron chi connectivity index (χ4n) is 2.29. The molecular formula is C16H19FO. The second-order valence-electron chi connectivity index (χ2n) is 4.53. The van der Waals surface area contributed by atoms with Crippen LogP contribution in [0.15, 0.2) is 30.9 Å². The predicted molar refractivity (Wildman–Crippen MR) is 73.5 cm³/mol. The molecule has 1 aliphatic carbocycles. The lowest BCUT2D eigenvalue weighted by atomic mass is 9.92. The quantitative estimate of drug-likeness (QED) is 0.694. The van der Waals surface area contributed by atoms with Crippen molar-refractivity contribution in [1.29, 1.82) is 0 Å². The zero-order valence-corrected chi connectivity index (χ0v) is 10.8. The van der Waals surface area contributed by atoms with Crippen LogP contribution in [0.5, 0.6) is 0 Å². The van der Waals surface area contributed by atoms with Gasteiger partial charge in [-0.05, 0) is 55.9 Å². The van der Waals surface area contributed by atoms with Crippen molar-refractivity contribution in [3.05, 3.63) is 47.8 Å². The summed E-state index contributed by atoms with van der Waals surface area (Å²) in [5.41, 5.74) is 2.87. The summed E-state index contributed by atoms with van der Waals surface area (Å²) in [6.07, 6.45) is 6.92. The van der Waals surface area contributed by atoms with Gasteiger partial charge in [-0.1, -0.05) is 18.7 Å². The van der Waals surface area contributed by atoms with Crippen LogP contribution in [0.3, 0.4) is 0 Å². The van der Waals surface area contributed by atoms with Crippen molar-refractivity contribution < 1.29 is 9.13 Å². The highest BCUT2D eigenvalue weighted by molar-refractivity contribution is 5.70. The minimum atomic E-state index is -0.270. The van der Waals surface area contributed by atoms with E-state index in [2.05, 4.69) is 12.7 Å². The summed E-state index contributed by atoms with van der Waals surface area (Å²) in [4.78, 5) is 0. The Morgan fingerprint density at radius 3 is 2.89 bits per heavy atom. The lowest BCUT2D eigenvalue weighted by Gasteiger charge is -2.15. The van der Waals surface area contributed by atoms with Gasteiger partial charge in [0.1, 0.15) is 11.6 Å². The van der Waals surface area contributed by atoms with E-state index in [4.69, 9.17) is 4.74 Å². The van der Waals surface area contributed by atoms with Crippen LogP contribution in [0.4, 0.5) is 4.39 Å². The molecule has 0 unspecified atom stereocenters. The lowest BCUT2D eigenvalue weighted by Crippen LogP contribution is -1.97. The minimum Gasteiger partial charge on any atom is -0.494 e. The van der Waals surface area contributed by atoms with Crippen molar-refractivity contribution >= 4 is 11.3 Å². The smallest absolute Gasteiger partial charge is 0.134 e. The highest BCUT2D eigenvalue weighted by Crippen LogP contribution is 2.29. The van der Waals surface area contributed by atoms with Gasteiger partial charge in [-0.3, -0.25) is 0 Å². The van der Waals surface area contributed by atoms with Crippen molar-refractivity contribution in [2.24, 2.45) is 0 Å². The van der Waals surface area contributed by atoms with E-state index in [1.807, 2.05) is 19.1 Å². The molecule has 1 aliphatic rings. The van der Waals surface area contributed by atoms with Gasteiger partial charge in [-0.2, -0.15) is 0 Å². The molecule has 0 saturated heterocycles. The first-order valence-electron chi connectivity index (χ1n) is 6.53. The molecule has 0 heterocycles. The molecule has 0 amide bonds. The molecule has 0 radical (unpaired) electrons. The zero-order chi connectivity index (χ0) is 13.0. The Bertz CT molecular complexity index is 474. The molecule has 2 rings (SSSR count). The van der Waals surface area contributed by atoms with Gasteiger partial charge < -0.3 is 4.74 Å². The van der Waals surface area contributed by atoms with Gasteiger partial charge in [-0.25, -0.2) is 4.39 Å². The van der Waals surface area contributed by atoms with Gasteiger partial charge in [-0.15, -0.1) is 0 Å². The highest BCUT2D eigenvalue weighted by Gasteiger charge is 2.11. The molecule has 0 fully saturated rings. The Kier molecular flexibility index (Phi) is 4.19. The van der Waals surface area contributed by atoms with E-state index in [1.165, 1.54) is 24.5 Å². The van der Waals surface area contributed by atoms with Crippen molar-refractivity contribution in [2.75, 3.05) is 6.61 Å². The average Bonchev–Trinajstić information content (AvgIpc) is 2.40. The summed E-state index contributed by atoms with van der Waals surface area (Å²) in [5, 5.41) is 0. The monoisotopic (exact) mass is 246 g/mol. The molecule has 2 heteroatoms. The Hall–Kier alpha value is -1.57. The topological polar surface area (TPSA) is 9.23 Å². The maximum atomic E-state index is 13.8. The van der Waals surface area contributed by atoms with E-state index in [-0.39, 0.29) is 5.82 Å². The third kappa shape index (κ3) is 2.81. The largest absolute Gasteiger partial charge is 0.494 e. The van der Waals surface area contributed by atoms with Crippen molar-refractivity contribution in [2.45, 2.75) is 32.6 Å². The van der Waals surface area contributed by atoms with E-state index in [0.717, 1.165) is 18.4 Å². The molecule has 1 aromatic rings. The first-order chi connectivity index (χ1) is 8.72. The minimum absolute atomic E-state index is 0.270. The molecule has 0 aliphatic heterocycles. The van der Waals surface area contributed by atoms with Crippen LogP contribution < -0.4 is 0 Å². The first kappa shape index (κ1) is 12.9. The molecule has 96 valence electrons. The van der Waals surface area contributed by atoms with Crippen LogP contribution in [-0.2, 0) is 4.74 Å². The maximum Gasteiger partial charge on any atom is 0.134 e. The number of benzene rings is 1. The zero-order valence-electron chi connectivity index (χ0n) is 10.8. The normalized spacial score (nSPS) is 15.1. The Morgan fingerprint density at radius 2 is 2.22 bits per heavy atom. The molecule has 18 heavy (non-hydrogen) atoms. The number of hydrogen-bond donors (Lipinski definition) is 0. The van der Waals surface area contributed by atoms with E-state index < -0.39 is 0 Å². The molecule has 0 bridgehead atoms. The van der Waals surface area contributed by atoms with Crippen LogP contribution >= 0.6 is 0 Å². The van der Waals surface area contributed by atoms with Gasteiger partial charge in [0.2, 0.25) is 0 Å². The summed E-state index contributed by atoms with van der Waals surface area (Å²) >= 11 is 0. The van der Waals surface area contributed by atoms with Gasteiger partial charge in [0, 0.05) is 0 Å². The third-order valence-electron chi connectivity index (χ3n) is 3.25. The van der Waals surface area contributed by atoms with E-state index in [0.29, 0.717) is 17.9 Å². The summed E-state index contributed by atoms with van der Waals surface area (Å²) in [7, 11) is 0. The van der Waals surface area contributed by atoms with Crippen LogP contribution in [0.1, 0.15) is 43.7 Å². The van der Waals surface area contributed by atoms with Crippen LogP contribution in [0, 0.1) is 5.82 Å². The van der Waals surface area contributed by atoms with Crippen LogP contribution in [-0.4, -0.2) is 6.61 Å². The summed E-state index contributed by atoms with van der Waals surface area (Å²) in [5.74, 6) is 0.141.